The SMILES string of the molecule is COc1c(Br)cc(/C=C2/SC(=O)N(CC(=O)O)C2=O)cc1Br. The quantitative estimate of drug-likeness (QED) is 0.708. The molecule has 1 aliphatic heterocycles. The second-order valence-corrected chi connectivity index (χ2v) is 6.88. The van der Waals surface area contributed by atoms with E-state index in [1.165, 1.54) is 13.2 Å². The zero-order chi connectivity index (χ0) is 16.4. The summed E-state index contributed by atoms with van der Waals surface area (Å²) in [7, 11) is 1.53. The molecule has 1 heterocycles. The number of carbonyl (C=O) groups excluding carboxylic acids is 2. The number of hydrogen-bond donors (Lipinski definition) is 1. The summed E-state index contributed by atoms with van der Waals surface area (Å²) in [5.41, 5.74) is 0.667. The largest absolute Gasteiger partial charge is 0.494 e. The van der Waals surface area contributed by atoms with Gasteiger partial charge < -0.3 is 9.84 Å². The van der Waals surface area contributed by atoms with Gasteiger partial charge in [-0.15, -0.1) is 0 Å². The monoisotopic (exact) mass is 449 g/mol. The zero-order valence-corrected chi connectivity index (χ0v) is 15.1. The Labute approximate surface area is 146 Å². The number of carboxylic acids is 1. The van der Waals surface area contributed by atoms with Gasteiger partial charge in [-0.05, 0) is 67.4 Å². The topological polar surface area (TPSA) is 83.9 Å². The van der Waals surface area contributed by atoms with Gasteiger partial charge in [-0.2, -0.15) is 0 Å². The smallest absolute Gasteiger partial charge is 0.323 e. The Morgan fingerprint density at radius 1 is 1.36 bits per heavy atom. The van der Waals surface area contributed by atoms with Gasteiger partial charge >= 0.3 is 5.97 Å². The molecule has 1 fully saturated rings. The first-order valence-electron chi connectivity index (χ1n) is 5.83. The maximum Gasteiger partial charge on any atom is 0.323 e. The summed E-state index contributed by atoms with van der Waals surface area (Å²) < 4.78 is 6.55. The molecule has 0 atom stereocenters. The summed E-state index contributed by atoms with van der Waals surface area (Å²) in [6.07, 6.45) is 1.53. The lowest BCUT2D eigenvalue weighted by Crippen LogP contribution is -2.33. The van der Waals surface area contributed by atoms with Crippen LogP contribution < -0.4 is 4.74 Å². The number of rotatable bonds is 4. The van der Waals surface area contributed by atoms with Crippen molar-refractivity contribution in [3.8, 4) is 5.75 Å². The third-order valence-electron chi connectivity index (χ3n) is 2.69. The van der Waals surface area contributed by atoms with Gasteiger partial charge in [0.05, 0.1) is 21.0 Å². The van der Waals surface area contributed by atoms with Crippen LogP contribution in [0.1, 0.15) is 5.56 Å². The van der Waals surface area contributed by atoms with E-state index in [2.05, 4.69) is 31.9 Å². The van der Waals surface area contributed by atoms with Gasteiger partial charge in [0.25, 0.3) is 11.1 Å². The number of amides is 2. The Morgan fingerprint density at radius 2 is 1.95 bits per heavy atom. The number of carbonyl (C=O) groups is 3. The van der Waals surface area contributed by atoms with Crippen molar-refractivity contribution in [1.82, 2.24) is 4.90 Å². The normalized spacial score (nSPS) is 16.5. The minimum Gasteiger partial charge on any atom is -0.494 e. The van der Waals surface area contributed by atoms with Crippen LogP contribution in [-0.2, 0) is 9.59 Å². The van der Waals surface area contributed by atoms with Gasteiger partial charge in [0.1, 0.15) is 12.3 Å². The lowest BCUT2D eigenvalue weighted by Gasteiger charge is -2.08. The molecule has 0 radical (unpaired) electrons. The summed E-state index contributed by atoms with van der Waals surface area (Å²) in [4.78, 5) is 35.3. The summed E-state index contributed by atoms with van der Waals surface area (Å²) >= 11 is 7.41. The first-order chi connectivity index (χ1) is 10.3. The molecule has 2 amide bonds. The molecule has 0 spiro atoms. The molecule has 0 saturated carbocycles. The molecule has 1 aromatic rings. The number of hydrogen-bond acceptors (Lipinski definition) is 5. The average Bonchev–Trinajstić information content (AvgIpc) is 2.66. The van der Waals surface area contributed by atoms with Crippen LogP contribution in [-0.4, -0.2) is 40.8 Å². The lowest BCUT2D eigenvalue weighted by atomic mass is 10.2. The molecule has 0 aliphatic carbocycles. The van der Waals surface area contributed by atoms with Crippen molar-refractivity contribution in [2.24, 2.45) is 0 Å². The van der Waals surface area contributed by atoms with Crippen molar-refractivity contribution in [2.75, 3.05) is 13.7 Å². The number of nitrogens with zero attached hydrogens (tertiary/aromatic N) is 1. The number of ether oxygens (including phenoxy) is 1. The highest BCUT2D eigenvalue weighted by Gasteiger charge is 2.36. The van der Waals surface area contributed by atoms with E-state index in [1.807, 2.05) is 0 Å². The number of imide groups is 1. The fourth-order valence-corrected chi connectivity index (χ4v) is 4.16. The molecule has 6 nitrogen and oxygen atoms in total. The number of methoxy groups -OCH3 is 1. The molecule has 0 bridgehead atoms. The van der Waals surface area contributed by atoms with E-state index in [0.717, 1.165) is 0 Å². The number of benzene rings is 1. The van der Waals surface area contributed by atoms with Crippen molar-refractivity contribution in [3.63, 3.8) is 0 Å². The van der Waals surface area contributed by atoms with Crippen LogP contribution in [0.25, 0.3) is 6.08 Å². The summed E-state index contributed by atoms with van der Waals surface area (Å²) in [5.74, 6) is -1.24. The van der Waals surface area contributed by atoms with Crippen LogP contribution >= 0.6 is 43.6 Å². The Bertz CT molecular complexity index is 681. The number of carboxylic acid groups (broad SMARTS) is 1. The molecule has 1 aliphatic rings. The molecule has 22 heavy (non-hydrogen) atoms. The Kier molecular flexibility index (Phi) is 5.30. The third kappa shape index (κ3) is 3.53. The molecule has 2 rings (SSSR count). The van der Waals surface area contributed by atoms with Crippen LogP contribution in [0.2, 0.25) is 0 Å². The average molecular weight is 451 g/mol. The summed E-state index contributed by atoms with van der Waals surface area (Å²) in [5, 5.41) is 8.12. The maximum atomic E-state index is 12.1. The van der Waals surface area contributed by atoms with Gasteiger partial charge in [0.2, 0.25) is 0 Å². The molecule has 1 N–H and O–H groups in total. The molecule has 0 aromatic heterocycles. The predicted octanol–water partition coefficient (Wildman–Crippen LogP) is 3.34. The molecule has 1 aromatic carbocycles. The van der Waals surface area contributed by atoms with Crippen LogP contribution in [0.15, 0.2) is 26.0 Å². The fraction of sp³-hybridized carbons (Fsp3) is 0.154. The predicted molar refractivity (Wildman–Crippen MR) is 88.7 cm³/mol. The minimum atomic E-state index is -1.24. The van der Waals surface area contributed by atoms with Crippen molar-refractivity contribution in [2.45, 2.75) is 0 Å². The van der Waals surface area contributed by atoms with Crippen LogP contribution in [0.3, 0.4) is 0 Å². The summed E-state index contributed by atoms with van der Waals surface area (Å²) in [6.45, 7) is -0.641. The highest BCUT2D eigenvalue weighted by molar-refractivity contribution is 9.11. The molecule has 1 saturated heterocycles. The van der Waals surface area contributed by atoms with Gasteiger partial charge in [-0.3, -0.25) is 19.3 Å². The highest BCUT2D eigenvalue weighted by atomic mass is 79.9. The van der Waals surface area contributed by atoms with E-state index in [4.69, 9.17) is 9.84 Å². The van der Waals surface area contributed by atoms with Gasteiger partial charge in [-0.25, -0.2) is 0 Å². The van der Waals surface area contributed by atoms with Crippen LogP contribution in [0.4, 0.5) is 4.79 Å². The van der Waals surface area contributed by atoms with Gasteiger partial charge in [0, 0.05) is 0 Å². The molecule has 0 unspecified atom stereocenters. The van der Waals surface area contributed by atoms with E-state index < -0.39 is 23.7 Å². The molecular weight excluding hydrogens is 442 g/mol. The number of halogens is 2. The van der Waals surface area contributed by atoms with E-state index in [0.29, 0.717) is 36.9 Å². The van der Waals surface area contributed by atoms with Crippen molar-refractivity contribution in [3.05, 3.63) is 31.5 Å². The molecular formula is C13H9Br2NO5S. The maximum absolute atomic E-state index is 12.1. The Hall–Kier alpha value is -1.32. The highest BCUT2D eigenvalue weighted by Crippen LogP contribution is 2.37. The van der Waals surface area contributed by atoms with Crippen molar-refractivity contribution < 1.29 is 24.2 Å². The Morgan fingerprint density at radius 3 is 2.45 bits per heavy atom. The van der Waals surface area contributed by atoms with Crippen LogP contribution in [0, 0.1) is 0 Å². The van der Waals surface area contributed by atoms with Crippen LogP contribution in [0.5, 0.6) is 5.75 Å². The molecule has 116 valence electrons. The van der Waals surface area contributed by atoms with Crippen molar-refractivity contribution in [1.29, 1.82) is 0 Å². The minimum absolute atomic E-state index is 0.176. The first kappa shape index (κ1) is 17.0. The second-order valence-electron chi connectivity index (χ2n) is 4.18. The van der Waals surface area contributed by atoms with Gasteiger partial charge in [-0.1, -0.05) is 0 Å². The van der Waals surface area contributed by atoms with E-state index in [1.54, 1.807) is 12.1 Å². The molecule has 9 heteroatoms. The van der Waals surface area contributed by atoms with E-state index in [9.17, 15) is 14.4 Å². The fourth-order valence-electron chi connectivity index (χ4n) is 1.78. The van der Waals surface area contributed by atoms with E-state index in [-0.39, 0.29) is 4.91 Å². The van der Waals surface area contributed by atoms with Gasteiger partial charge in [0.15, 0.2) is 0 Å². The van der Waals surface area contributed by atoms with Crippen molar-refractivity contribution >= 4 is 66.8 Å². The zero-order valence-electron chi connectivity index (χ0n) is 11.1. The summed E-state index contributed by atoms with van der Waals surface area (Å²) in [6, 6.07) is 3.46. The lowest BCUT2D eigenvalue weighted by molar-refractivity contribution is -0.140. The Balaban J connectivity index is 2.33. The second kappa shape index (κ2) is 6.84. The number of thioether (sulfide) groups is 1. The third-order valence-corrected chi connectivity index (χ3v) is 4.77. The van der Waals surface area contributed by atoms with E-state index >= 15 is 0 Å². The number of aliphatic carboxylic acids is 1. The first-order valence-corrected chi connectivity index (χ1v) is 8.24. The standard InChI is InChI=1S/C13H9Br2NO5S/c1-21-11-7(14)2-6(3-8(11)15)4-9-12(19)16(5-10(17)18)13(20)22-9/h2-4H,5H2,1H3,(H,17,18)/b9-4+.